The van der Waals surface area contributed by atoms with Crippen LogP contribution in [0.1, 0.15) is 24.8 Å². The fraction of sp³-hybridized carbons (Fsp3) is 0.409. The lowest BCUT2D eigenvalue weighted by Gasteiger charge is -2.27. The Kier molecular flexibility index (Phi) is 7.01. The van der Waals surface area contributed by atoms with E-state index >= 15 is 0 Å². The van der Waals surface area contributed by atoms with Crippen molar-refractivity contribution in [3.8, 4) is 5.75 Å². The number of para-hydroxylation sites is 1. The number of hydrogen-bond acceptors (Lipinski definition) is 4. The molecule has 3 rings (SSSR count). The van der Waals surface area contributed by atoms with Crippen molar-refractivity contribution in [3.05, 3.63) is 66.0 Å². The zero-order valence-electron chi connectivity index (χ0n) is 15.9. The molecule has 1 amide bonds. The summed E-state index contributed by atoms with van der Waals surface area (Å²) in [4.78, 5) is 14.3. The molecule has 0 aromatic heterocycles. The Morgan fingerprint density at radius 2 is 1.86 bits per heavy atom. The average molecular weight is 386 g/mol. The van der Waals surface area contributed by atoms with Crippen molar-refractivity contribution < 1.29 is 19.0 Å². The summed E-state index contributed by atoms with van der Waals surface area (Å²) in [6.07, 6.45) is 1.79. The van der Waals surface area contributed by atoms with Crippen LogP contribution in [-0.2, 0) is 11.3 Å². The van der Waals surface area contributed by atoms with Crippen LogP contribution in [0.2, 0.25) is 0 Å². The number of benzene rings is 2. The van der Waals surface area contributed by atoms with Gasteiger partial charge in [-0.15, -0.1) is 0 Å². The molecule has 0 radical (unpaired) electrons. The maximum atomic E-state index is 13.7. The zero-order chi connectivity index (χ0) is 19.8. The third-order valence-corrected chi connectivity index (χ3v) is 5.04. The van der Waals surface area contributed by atoms with Gasteiger partial charge >= 0.3 is 0 Å². The second kappa shape index (κ2) is 9.66. The molecule has 0 saturated carbocycles. The Morgan fingerprint density at radius 3 is 2.64 bits per heavy atom. The molecule has 1 aliphatic rings. The van der Waals surface area contributed by atoms with Crippen molar-refractivity contribution in [2.45, 2.75) is 31.4 Å². The topological polar surface area (TPSA) is 61.8 Å². The molecular formula is C22H27FN2O3. The van der Waals surface area contributed by atoms with Gasteiger partial charge in [0.25, 0.3) is 0 Å². The molecule has 0 bridgehead atoms. The van der Waals surface area contributed by atoms with Crippen LogP contribution >= 0.6 is 0 Å². The molecule has 5 nitrogen and oxygen atoms in total. The van der Waals surface area contributed by atoms with Crippen LogP contribution < -0.4 is 10.1 Å². The van der Waals surface area contributed by atoms with Gasteiger partial charge in [-0.2, -0.15) is 0 Å². The van der Waals surface area contributed by atoms with E-state index in [1.807, 2.05) is 35.2 Å². The molecule has 2 N–H and O–H groups in total. The molecule has 1 fully saturated rings. The number of ether oxygens (including phenoxy) is 1. The van der Waals surface area contributed by atoms with Gasteiger partial charge in [-0.3, -0.25) is 9.69 Å². The lowest BCUT2D eigenvalue weighted by molar-refractivity contribution is -0.122. The number of hydrogen-bond donors (Lipinski definition) is 2. The lowest BCUT2D eigenvalue weighted by atomic mass is 9.96. The number of carbonyl (C=O) groups excluding carboxylic acids is 1. The molecule has 2 aromatic rings. The van der Waals surface area contributed by atoms with Gasteiger partial charge in [0.05, 0.1) is 12.1 Å². The molecule has 150 valence electrons. The predicted octanol–water partition coefficient (Wildman–Crippen LogP) is 2.74. The van der Waals surface area contributed by atoms with Crippen LogP contribution in [0.3, 0.4) is 0 Å². The van der Waals surface area contributed by atoms with Crippen molar-refractivity contribution >= 4 is 5.91 Å². The molecule has 2 aromatic carbocycles. The highest BCUT2D eigenvalue weighted by Crippen LogP contribution is 2.25. The first-order valence-corrected chi connectivity index (χ1v) is 9.67. The molecular weight excluding hydrogens is 359 g/mol. The van der Waals surface area contributed by atoms with E-state index in [-0.39, 0.29) is 18.3 Å². The number of amides is 1. The van der Waals surface area contributed by atoms with Gasteiger partial charge in [0, 0.05) is 13.1 Å². The maximum Gasteiger partial charge on any atom is 0.234 e. The van der Waals surface area contributed by atoms with Gasteiger partial charge in [-0.05, 0) is 43.5 Å². The zero-order valence-corrected chi connectivity index (χ0v) is 15.9. The second-order valence-corrected chi connectivity index (χ2v) is 7.34. The Balaban J connectivity index is 1.44. The molecule has 1 saturated heterocycles. The van der Waals surface area contributed by atoms with Crippen molar-refractivity contribution in [3.63, 3.8) is 0 Å². The fourth-order valence-electron chi connectivity index (χ4n) is 3.37. The highest BCUT2D eigenvalue weighted by molar-refractivity contribution is 5.78. The first-order valence-electron chi connectivity index (χ1n) is 9.67. The van der Waals surface area contributed by atoms with Gasteiger partial charge in [0.2, 0.25) is 5.91 Å². The predicted molar refractivity (Wildman–Crippen MR) is 105 cm³/mol. The number of aliphatic hydroxyl groups is 1. The normalized spacial score (nSPS) is 20.4. The van der Waals surface area contributed by atoms with E-state index in [1.54, 1.807) is 18.2 Å². The van der Waals surface area contributed by atoms with Gasteiger partial charge < -0.3 is 15.2 Å². The third kappa shape index (κ3) is 6.04. The van der Waals surface area contributed by atoms with Crippen LogP contribution in [0, 0.1) is 5.82 Å². The Morgan fingerprint density at radius 1 is 1.11 bits per heavy atom. The Hall–Kier alpha value is -2.44. The number of rotatable bonds is 7. The van der Waals surface area contributed by atoms with E-state index in [4.69, 9.17) is 4.74 Å². The second-order valence-electron chi connectivity index (χ2n) is 7.34. The molecule has 0 unspecified atom stereocenters. The van der Waals surface area contributed by atoms with E-state index in [0.717, 1.165) is 18.5 Å². The minimum Gasteiger partial charge on any atom is -0.488 e. The molecule has 0 spiro atoms. The minimum atomic E-state index is -1.02. The van der Waals surface area contributed by atoms with E-state index in [0.29, 0.717) is 32.5 Å². The fourth-order valence-corrected chi connectivity index (χ4v) is 3.37. The number of nitrogens with one attached hydrogen (secondary N) is 1. The van der Waals surface area contributed by atoms with Crippen molar-refractivity contribution in [2.75, 3.05) is 26.2 Å². The van der Waals surface area contributed by atoms with Crippen LogP contribution in [0.25, 0.3) is 0 Å². The largest absolute Gasteiger partial charge is 0.488 e. The molecule has 1 heterocycles. The van der Waals surface area contributed by atoms with Crippen LogP contribution in [0.5, 0.6) is 5.75 Å². The van der Waals surface area contributed by atoms with E-state index < -0.39 is 11.4 Å². The number of halogens is 1. The van der Waals surface area contributed by atoms with Gasteiger partial charge in [0.15, 0.2) is 11.6 Å². The van der Waals surface area contributed by atoms with Crippen LogP contribution in [0.15, 0.2) is 54.6 Å². The maximum absolute atomic E-state index is 13.7. The first kappa shape index (κ1) is 20.3. The summed E-state index contributed by atoms with van der Waals surface area (Å²) in [6, 6.07) is 16.0. The van der Waals surface area contributed by atoms with Gasteiger partial charge in [0.1, 0.15) is 6.61 Å². The third-order valence-electron chi connectivity index (χ3n) is 5.04. The summed E-state index contributed by atoms with van der Waals surface area (Å²) >= 11 is 0. The highest BCUT2D eigenvalue weighted by atomic mass is 19.1. The molecule has 28 heavy (non-hydrogen) atoms. The molecule has 1 aliphatic heterocycles. The van der Waals surface area contributed by atoms with Crippen LogP contribution in [0.4, 0.5) is 4.39 Å². The molecule has 6 heteroatoms. The number of likely N-dealkylation sites (tertiary alicyclic amines) is 1. The molecule has 0 aliphatic carbocycles. The Bertz CT molecular complexity index is 771. The number of carbonyl (C=O) groups is 1. The minimum absolute atomic E-state index is 0.0306. The van der Waals surface area contributed by atoms with Gasteiger partial charge in [-0.1, -0.05) is 42.5 Å². The standard InChI is InChI=1S/C22H27FN2O3/c23-19-9-4-5-10-20(19)28-17-22(27)11-6-13-25(14-12-22)16-21(26)24-15-18-7-2-1-3-8-18/h1-5,7-10,27H,6,11-17H2,(H,24,26)/t22-/m0/s1. The van der Waals surface area contributed by atoms with Crippen molar-refractivity contribution in [2.24, 2.45) is 0 Å². The van der Waals surface area contributed by atoms with Crippen molar-refractivity contribution in [1.29, 1.82) is 0 Å². The average Bonchev–Trinajstić information content (AvgIpc) is 2.88. The highest BCUT2D eigenvalue weighted by Gasteiger charge is 2.31. The summed E-state index contributed by atoms with van der Waals surface area (Å²) in [5.41, 5.74) is 0.0451. The Labute approximate surface area is 165 Å². The van der Waals surface area contributed by atoms with E-state index in [1.165, 1.54) is 6.07 Å². The lowest BCUT2D eigenvalue weighted by Crippen LogP contribution is -2.40. The molecule has 1 atom stereocenters. The van der Waals surface area contributed by atoms with Crippen molar-refractivity contribution in [1.82, 2.24) is 10.2 Å². The number of nitrogens with zero attached hydrogens (tertiary/aromatic N) is 1. The first-order chi connectivity index (χ1) is 13.5. The SMILES string of the molecule is O=C(CN1CCC[C@@](O)(COc2ccccc2F)CC1)NCc1ccccc1. The summed E-state index contributed by atoms with van der Waals surface area (Å²) in [6.45, 7) is 2.18. The smallest absolute Gasteiger partial charge is 0.234 e. The summed E-state index contributed by atoms with van der Waals surface area (Å²) in [7, 11) is 0. The van der Waals surface area contributed by atoms with Crippen LogP contribution in [-0.4, -0.2) is 47.8 Å². The monoisotopic (exact) mass is 386 g/mol. The summed E-state index contributed by atoms with van der Waals surface area (Å²) in [5.74, 6) is -0.314. The summed E-state index contributed by atoms with van der Waals surface area (Å²) < 4.78 is 19.2. The summed E-state index contributed by atoms with van der Waals surface area (Å²) in [5, 5.41) is 13.8. The van der Waals surface area contributed by atoms with E-state index in [9.17, 15) is 14.3 Å². The van der Waals surface area contributed by atoms with E-state index in [2.05, 4.69) is 5.32 Å². The van der Waals surface area contributed by atoms with Gasteiger partial charge in [-0.25, -0.2) is 4.39 Å². The quantitative estimate of drug-likeness (QED) is 0.768.